The molecule has 10 nitrogen and oxygen atoms in total. The zero-order valence-electron chi connectivity index (χ0n) is 13.9. The highest BCUT2D eigenvalue weighted by Gasteiger charge is 2.19. The Morgan fingerprint density at radius 2 is 2.08 bits per heavy atom. The van der Waals surface area contributed by atoms with E-state index in [1.54, 1.807) is 0 Å². The number of aromatic amines is 1. The van der Waals surface area contributed by atoms with Gasteiger partial charge < -0.3 is 24.8 Å². The largest absolute Gasteiger partial charge is 0.395 e. The molecule has 0 bridgehead atoms. The van der Waals surface area contributed by atoms with Crippen LogP contribution in [0.3, 0.4) is 0 Å². The second kappa shape index (κ2) is 7.60. The summed E-state index contributed by atoms with van der Waals surface area (Å²) in [5.41, 5.74) is -0.800. The molecule has 0 saturated heterocycles. The van der Waals surface area contributed by atoms with Crippen LogP contribution in [0.25, 0.3) is 11.2 Å². The number of ether oxygens (including phenoxy) is 1. The molecule has 134 valence electrons. The maximum atomic E-state index is 12.2. The predicted molar refractivity (Wildman–Crippen MR) is 88.3 cm³/mol. The number of fused-ring (bicyclic) bond motifs is 1. The van der Waals surface area contributed by atoms with Crippen LogP contribution in [0.15, 0.2) is 9.59 Å². The minimum Gasteiger partial charge on any atom is -0.395 e. The molecule has 2 aromatic heterocycles. The monoisotopic (exact) mass is 341 g/mol. The van der Waals surface area contributed by atoms with Crippen molar-refractivity contribution < 1.29 is 14.9 Å². The normalized spacial score (nSPS) is 12.9. The van der Waals surface area contributed by atoms with Crippen LogP contribution in [0.4, 0.5) is 5.95 Å². The molecule has 24 heavy (non-hydrogen) atoms. The number of nitrogens with zero attached hydrogens (tertiary/aromatic N) is 3. The standard InChI is InChI=1S/C14H23N5O5/c1-8(2)24-7-9(21)6-19-10-11(16-13(19)15-4-5-20)18(3)14(23)17-12(10)22/h8-9,20-21H,4-7H2,1-3H3,(H,15,16)(H,17,22,23)/t9-/m0/s1. The quantitative estimate of drug-likeness (QED) is 0.464. The topological polar surface area (TPSA) is 134 Å². The summed E-state index contributed by atoms with van der Waals surface area (Å²) in [6, 6.07) is 0. The Morgan fingerprint density at radius 1 is 1.38 bits per heavy atom. The van der Waals surface area contributed by atoms with Crippen LogP contribution in [-0.4, -0.2) is 61.3 Å². The highest BCUT2D eigenvalue weighted by Crippen LogP contribution is 2.16. The van der Waals surface area contributed by atoms with Gasteiger partial charge in [0.25, 0.3) is 5.56 Å². The van der Waals surface area contributed by atoms with Gasteiger partial charge in [0.1, 0.15) is 0 Å². The van der Waals surface area contributed by atoms with Gasteiger partial charge in [0.2, 0.25) is 5.95 Å². The van der Waals surface area contributed by atoms with Gasteiger partial charge in [-0.25, -0.2) is 4.79 Å². The first-order chi connectivity index (χ1) is 11.3. The van der Waals surface area contributed by atoms with Crippen molar-refractivity contribution in [2.24, 2.45) is 7.05 Å². The number of anilines is 1. The minimum atomic E-state index is -0.865. The first-order valence-corrected chi connectivity index (χ1v) is 7.69. The van der Waals surface area contributed by atoms with Crippen LogP contribution in [0.1, 0.15) is 13.8 Å². The minimum absolute atomic E-state index is 0.0320. The average Bonchev–Trinajstić information content (AvgIpc) is 2.87. The van der Waals surface area contributed by atoms with Gasteiger partial charge in [0.15, 0.2) is 11.2 Å². The molecule has 0 aliphatic carbocycles. The van der Waals surface area contributed by atoms with Crippen molar-refractivity contribution in [1.29, 1.82) is 0 Å². The number of nitrogens with one attached hydrogen (secondary N) is 2. The lowest BCUT2D eigenvalue weighted by molar-refractivity contribution is -0.000109. The Kier molecular flexibility index (Phi) is 5.75. The molecule has 0 spiro atoms. The maximum absolute atomic E-state index is 12.2. The molecule has 0 amide bonds. The number of hydrogen-bond acceptors (Lipinski definition) is 7. The van der Waals surface area contributed by atoms with E-state index in [1.807, 2.05) is 13.8 Å². The van der Waals surface area contributed by atoms with E-state index in [0.717, 1.165) is 0 Å². The SMILES string of the molecule is CC(C)OC[C@@H](O)Cn1c(NCCO)nc2c1c(=O)[nH]c(=O)n2C. The average molecular weight is 341 g/mol. The van der Waals surface area contributed by atoms with Gasteiger partial charge in [-0.05, 0) is 13.8 Å². The molecule has 0 unspecified atom stereocenters. The summed E-state index contributed by atoms with van der Waals surface area (Å²) in [5.74, 6) is 0.286. The predicted octanol–water partition coefficient (Wildman–Crippen LogP) is -1.39. The van der Waals surface area contributed by atoms with E-state index < -0.39 is 17.4 Å². The summed E-state index contributed by atoms with van der Waals surface area (Å²) in [7, 11) is 1.49. The molecule has 2 aromatic rings. The molecule has 10 heteroatoms. The van der Waals surface area contributed by atoms with E-state index in [-0.39, 0.29) is 49.5 Å². The van der Waals surface area contributed by atoms with Gasteiger partial charge in [-0.3, -0.25) is 14.3 Å². The van der Waals surface area contributed by atoms with Crippen molar-refractivity contribution in [3.8, 4) is 0 Å². The van der Waals surface area contributed by atoms with Crippen LogP contribution in [0.5, 0.6) is 0 Å². The summed E-state index contributed by atoms with van der Waals surface area (Å²) in [6.07, 6.45) is -0.897. The van der Waals surface area contributed by atoms with E-state index in [2.05, 4.69) is 15.3 Å². The molecule has 0 aromatic carbocycles. The molecule has 0 aliphatic heterocycles. The number of rotatable bonds is 8. The van der Waals surface area contributed by atoms with Crippen LogP contribution in [0.2, 0.25) is 0 Å². The van der Waals surface area contributed by atoms with Gasteiger partial charge >= 0.3 is 5.69 Å². The molecule has 0 aliphatic rings. The molecule has 0 saturated carbocycles. The van der Waals surface area contributed by atoms with Gasteiger partial charge in [-0.15, -0.1) is 0 Å². The number of aryl methyl sites for hydroxylation is 1. The zero-order valence-corrected chi connectivity index (χ0v) is 13.9. The molecule has 0 radical (unpaired) electrons. The van der Waals surface area contributed by atoms with E-state index in [4.69, 9.17) is 9.84 Å². The molecule has 0 fully saturated rings. The maximum Gasteiger partial charge on any atom is 0.329 e. The first-order valence-electron chi connectivity index (χ1n) is 7.69. The van der Waals surface area contributed by atoms with E-state index in [9.17, 15) is 14.7 Å². The summed E-state index contributed by atoms with van der Waals surface area (Å²) in [4.78, 5) is 30.4. The lowest BCUT2D eigenvalue weighted by atomic mass is 10.3. The fraction of sp³-hybridized carbons (Fsp3) is 0.643. The van der Waals surface area contributed by atoms with Crippen LogP contribution in [0, 0.1) is 0 Å². The Morgan fingerprint density at radius 3 is 2.71 bits per heavy atom. The number of aliphatic hydroxyl groups excluding tert-OH is 2. The molecular formula is C14H23N5O5. The fourth-order valence-corrected chi connectivity index (χ4v) is 2.28. The highest BCUT2D eigenvalue weighted by molar-refractivity contribution is 5.74. The number of aliphatic hydroxyl groups is 2. The van der Waals surface area contributed by atoms with Gasteiger partial charge in [0, 0.05) is 13.6 Å². The Bertz CT molecular complexity index is 806. The third kappa shape index (κ3) is 3.83. The summed E-state index contributed by atoms with van der Waals surface area (Å²) >= 11 is 0. The summed E-state index contributed by atoms with van der Waals surface area (Å²) in [5, 5.41) is 22.0. The second-order valence-corrected chi connectivity index (χ2v) is 5.72. The van der Waals surface area contributed by atoms with Crippen molar-refractivity contribution in [2.45, 2.75) is 32.6 Å². The van der Waals surface area contributed by atoms with Crippen LogP contribution >= 0.6 is 0 Å². The molecule has 2 heterocycles. The second-order valence-electron chi connectivity index (χ2n) is 5.72. The van der Waals surface area contributed by atoms with E-state index >= 15 is 0 Å². The van der Waals surface area contributed by atoms with Crippen LogP contribution in [-0.2, 0) is 18.3 Å². The van der Waals surface area contributed by atoms with Gasteiger partial charge in [0.05, 0.1) is 32.0 Å². The Hall–Kier alpha value is -2.17. The van der Waals surface area contributed by atoms with Gasteiger partial charge in [-0.1, -0.05) is 0 Å². The van der Waals surface area contributed by atoms with Crippen molar-refractivity contribution in [1.82, 2.24) is 19.1 Å². The number of imidazole rings is 1. The van der Waals surface area contributed by atoms with Crippen molar-refractivity contribution in [3.63, 3.8) is 0 Å². The van der Waals surface area contributed by atoms with Crippen molar-refractivity contribution in [3.05, 3.63) is 20.8 Å². The first kappa shape index (κ1) is 18.2. The molecular weight excluding hydrogens is 318 g/mol. The number of hydrogen-bond donors (Lipinski definition) is 4. The highest BCUT2D eigenvalue weighted by atomic mass is 16.5. The number of aromatic nitrogens is 4. The smallest absolute Gasteiger partial charge is 0.329 e. The number of H-pyrrole nitrogens is 1. The Labute approximate surface area is 137 Å². The third-order valence-corrected chi connectivity index (χ3v) is 3.42. The fourth-order valence-electron chi connectivity index (χ4n) is 2.28. The van der Waals surface area contributed by atoms with E-state index in [1.165, 1.54) is 16.2 Å². The lowest BCUT2D eigenvalue weighted by Gasteiger charge is -2.16. The molecule has 1 atom stereocenters. The Balaban J connectivity index is 2.46. The van der Waals surface area contributed by atoms with E-state index in [0.29, 0.717) is 0 Å². The molecule has 2 rings (SSSR count). The summed E-state index contributed by atoms with van der Waals surface area (Å²) in [6.45, 7) is 3.95. The zero-order chi connectivity index (χ0) is 17.9. The molecule has 4 N–H and O–H groups in total. The van der Waals surface area contributed by atoms with Crippen LogP contribution < -0.4 is 16.6 Å². The van der Waals surface area contributed by atoms with Crippen molar-refractivity contribution >= 4 is 17.1 Å². The lowest BCUT2D eigenvalue weighted by Crippen LogP contribution is -2.31. The third-order valence-electron chi connectivity index (χ3n) is 3.42. The summed E-state index contributed by atoms with van der Waals surface area (Å²) < 4.78 is 8.07. The van der Waals surface area contributed by atoms with Gasteiger partial charge in [-0.2, -0.15) is 4.98 Å². The van der Waals surface area contributed by atoms with Crippen molar-refractivity contribution in [2.75, 3.05) is 25.1 Å².